The number of benzene rings is 2. The summed E-state index contributed by atoms with van der Waals surface area (Å²) in [7, 11) is 0. The number of carbonyl (C=O) groups excluding carboxylic acids is 2. The largest absolute Gasteiger partial charge is 0.475 e. The zero-order chi connectivity index (χ0) is 20.8. The number of aliphatic imine (C=N–C) groups is 1. The van der Waals surface area contributed by atoms with Crippen molar-refractivity contribution in [3.8, 4) is 0 Å². The van der Waals surface area contributed by atoms with Crippen molar-refractivity contribution < 1.29 is 14.3 Å². The topological polar surface area (TPSA) is 80.7 Å². The molecule has 1 aliphatic rings. The van der Waals surface area contributed by atoms with Gasteiger partial charge in [0.1, 0.15) is 6.61 Å². The number of hydrogen-bond acceptors (Lipinski definition) is 5. The van der Waals surface area contributed by atoms with E-state index in [1.807, 2.05) is 30.3 Å². The maximum absolute atomic E-state index is 12.5. The van der Waals surface area contributed by atoms with Crippen molar-refractivity contribution >= 4 is 17.6 Å². The molecule has 0 radical (unpaired) electrons. The van der Waals surface area contributed by atoms with Crippen LogP contribution in [0.5, 0.6) is 0 Å². The molecule has 3 aromatic rings. The Hall–Kier alpha value is -3.80. The van der Waals surface area contributed by atoms with E-state index in [9.17, 15) is 9.59 Å². The van der Waals surface area contributed by atoms with E-state index in [0.717, 1.165) is 12.0 Å². The molecule has 0 fully saturated rings. The number of nitrogens with one attached hydrogen (secondary N) is 1. The first-order valence-electron chi connectivity index (χ1n) is 9.78. The number of hydrogen-bond donors (Lipinski definition) is 1. The summed E-state index contributed by atoms with van der Waals surface area (Å²) in [6, 6.07) is 19.9. The van der Waals surface area contributed by atoms with Gasteiger partial charge < -0.3 is 10.1 Å². The van der Waals surface area contributed by atoms with Crippen LogP contribution in [0.2, 0.25) is 0 Å². The van der Waals surface area contributed by atoms with Gasteiger partial charge in [0.2, 0.25) is 11.8 Å². The number of carbonyl (C=O) groups is 2. The smallest absolute Gasteiger partial charge is 0.248 e. The Morgan fingerprint density at radius 1 is 0.967 bits per heavy atom. The van der Waals surface area contributed by atoms with Crippen LogP contribution in [0.25, 0.3) is 0 Å². The minimum Gasteiger partial charge on any atom is -0.475 e. The van der Waals surface area contributed by atoms with Gasteiger partial charge >= 0.3 is 0 Å². The highest BCUT2D eigenvalue weighted by Crippen LogP contribution is 2.15. The van der Waals surface area contributed by atoms with E-state index in [1.54, 1.807) is 48.8 Å². The number of rotatable bonds is 7. The number of nitrogens with zero attached hydrogens (tertiary/aromatic N) is 2. The van der Waals surface area contributed by atoms with Gasteiger partial charge in [-0.05, 0) is 36.2 Å². The summed E-state index contributed by atoms with van der Waals surface area (Å²) in [5, 5.41) is 2.91. The van der Waals surface area contributed by atoms with Crippen molar-refractivity contribution in [2.45, 2.75) is 12.5 Å². The Bertz CT molecular complexity index is 1050. The quantitative estimate of drug-likeness (QED) is 0.620. The van der Waals surface area contributed by atoms with Gasteiger partial charge in [-0.3, -0.25) is 14.6 Å². The highest BCUT2D eigenvalue weighted by molar-refractivity contribution is 6.09. The standard InChI is InChI=1S/C24H21N3O3/c28-22(20-7-4-13-25-15-20)18-8-10-19(11-9-18)24-27-21(16-30-24)23(29)26-14-12-17-5-2-1-3-6-17/h1-11,13,15,21H,12,14,16H2,(H,26,29)/t21-/m0/s1. The van der Waals surface area contributed by atoms with Crippen LogP contribution in [0, 0.1) is 0 Å². The van der Waals surface area contributed by atoms with Crippen molar-refractivity contribution in [3.05, 3.63) is 101 Å². The van der Waals surface area contributed by atoms with Gasteiger partial charge in [-0.25, -0.2) is 4.99 Å². The lowest BCUT2D eigenvalue weighted by Crippen LogP contribution is -2.35. The predicted octanol–water partition coefficient (Wildman–Crippen LogP) is 2.82. The Labute approximate surface area is 174 Å². The highest BCUT2D eigenvalue weighted by atomic mass is 16.5. The summed E-state index contributed by atoms with van der Waals surface area (Å²) >= 11 is 0. The molecule has 6 heteroatoms. The zero-order valence-corrected chi connectivity index (χ0v) is 16.3. The lowest BCUT2D eigenvalue weighted by molar-refractivity contribution is -0.122. The molecule has 1 N–H and O–H groups in total. The lowest BCUT2D eigenvalue weighted by Gasteiger charge is -2.07. The van der Waals surface area contributed by atoms with Gasteiger partial charge in [0.15, 0.2) is 11.8 Å². The molecule has 0 spiro atoms. The molecule has 1 amide bonds. The minimum absolute atomic E-state index is 0.0976. The second-order valence-electron chi connectivity index (χ2n) is 6.94. The van der Waals surface area contributed by atoms with Crippen LogP contribution in [-0.2, 0) is 16.0 Å². The number of aromatic nitrogens is 1. The van der Waals surface area contributed by atoms with Crippen molar-refractivity contribution in [1.82, 2.24) is 10.3 Å². The monoisotopic (exact) mass is 399 g/mol. The molecule has 1 aliphatic heterocycles. The van der Waals surface area contributed by atoms with Gasteiger partial charge in [-0.15, -0.1) is 0 Å². The summed E-state index contributed by atoms with van der Waals surface area (Å²) in [6.07, 6.45) is 3.94. The molecule has 2 aromatic carbocycles. The van der Waals surface area contributed by atoms with E-state index in [-0.39, 0.29) is 18.3 Å². The van der Waals surface area contributed by atoms with Crippen molar-refractivity contribution in [2.75, 3.05) is 13.2 Å². The molecule has 150 valence electrons. The highest BCUT2D eigenvalue weighted by Gasteiger charge is 2.26. The minimum atomic E-state index is -0.563. The third kappa shape index (κ3) is 4.60. The molecular weight excluding hydrogens is 378 g/mol. The number of pyridine rings is 1. The predicted molar refractivity (Wildman–Crippen MR) is 114 cm³/mol. The van der Waals surface area contributed by atoms with E-state index in [1.165, 1.54) is 5.56 Å². The van der Waals surface area contributed by atoms with E-state index in [0.29, 0.717) is 23.6 Å². The summed E-state index contributed by atoms with van der Waals surface area (Å²) < 4.78 is 5.62. The molecule has 6 nitrogen and oxygen atoms in total. The summed E-state index contributed by atoms with van der Waals surface area (Å²) in [5.41, 5.74) is 3.00. The molecule has 0 aliphatic carbocycles. The fraction of sp³-hybridized carbons (Fsp3) is 0.167. The number of ether oxygens (including phenoxy) is 1. The maximum Gasteiger partial charge on any atom is 0.248 e. The fourth-order valence-corrected chi connectivity index (χ4v) is 3.19. The lowest BCUT2D eigenvalue weighted by atomic mass is 10.0. The van der Waals surface area contributed by atoms with Crippen LogP contribution in [-0.4, -0.2) is 41.8 Å². The molecular formula is C24H21N3O3. The second-order valence-corrected chi connectivity index (χ2v) is 6.94. The molecule has 1 aromatic heterocycles. The average Bonchev–Trinajstić information content (AvgIpc) is 3.30. The Morgan fingerprint density at radius 2 is 1.77 bits per heavy atom. The van der Waals surface area contributed by atoms with Crippen molar-refractivity contribution in [1.29, 1.82) is 0 Å². The van der Waals surface area contributed by atoms with Crippen LogP contribution in [0.3, 0.4) is 0 Å². The summed E-state index contributed by atoms with van der Waals surface area (Å²) in [5.74, 6) is 0.169. The number of amides is 1. The van der Waals surface area contributed by atoms with E-state index >= 15 is 0 Å². The Kier molecular flexibility index (Phi) is 5.94. The van der Waals surface area contributed by atoms with Crippen LogP contribution in [0.1, 0.15) is 27.0 Å². The van der Waals surface area contributed by atoms with Crippen LogP contribution < -0.4 is 5.32 Å². The Morgan fingerprint density at radius 3 is 2.50 bits per heavy atom. The first-order valence-corrected chi connectivity index (χ1v) is 9.78. The number of ketones is 1. The third-order valence-corrected chi connectivity index (χ3v) is 4.83. The fourth-order valence-electron chi connectivity index (χ4n) is 3.19. The molecule has 0 saturated heterocycles. The van der Waals surface area contributed by atoms with Crippen molar-refractivity contribution in [3.63, 3.8) is 0 Å². The first-order chi connectivity index (χ1) is 14.7. The van der Waals surface area contributed by atoms with Gasteiger partial charge in [-0.1, -0.05) is 42.5 Å². The van der Waals surface area contributed by atoms with E-state index in [4.69, 9.17) is 4.74 Å². The molecule has 0 unspecified atom stereocenters. The maximum atomic E-state index is 12.5. The molecule has 1 atom stereocenters. The van der Waals surface area contributed by atoms with Gasteiger partial charge in [0.25, 0.3) is 0 Å². The van der Waals surface area contributed by atoms with Crippen LogP contribution in [0.4, 0.5) is 0 Å². The Balaban J connectivity index is 1.35. The average molecular weight is 399 g/mol. The van der Waals surface area contributed by atoms with E-state index < -0.39 is 6.04 Å². The van der Waals surface area contributed by atoms with Gasteiger partial charge in [-0.2, -0.15) is 0 Å². The second kappa shape index (κ2) is 9.13. The SMILES string of the molecule is O=C(c1ccc(C2=N[C@H](C(=O)NCCc3ccccc3)CO2)cc1)c1cccnc1. The van der Waals surface area contributed by atoms with E-state index in [2.05, 4.69) is 15.3 Å². The van der Waals surface area contributed by atoms with Gasteiger partial charge in [0.05, 0.1) is 0 Å². The molecule has 30 heavy (non-hydrogen) atoms. The zero-order valence-electron chi connectivity index (χ0n) is 16.3. The molecule has 4 rings (SSSR count). The normalized spacial score (nSPS) is 15.2. The third-order valence-electron chi connectivity index (χ3n) is 4.83. The molecule has 0 bridgehead atoms. The van der Waals surface area contributed by atoms with Crippen LogP contribution >= 0.6 is 0 Å². The molecule has 0 saturated carbocycles. The van der Waals surface area contributed by atoms with Crippen molar-refractivity contribution in [2.24, 2.45) is 4.99 Å². The van der Waals surface area contributed by atoms with Gasteiger partial charge in [0, 0.05) is 35.6 Å². The summed E-state index contributed by atoms with van der Waals surface area (Å²) in [6.45, 7) is 0.762. The summed E-state index contributed by atoms with van der Waals surface area (Å²) in [4.78, 5) is 33.2. The first kappa shape index (κ1) is 19.5. The van der Waals surface area contributed by atoms with Crippen LogP contribution in [0.15, 0.2) is 84.1 Å². The molecule has 2 heterocycles.